The fourth-order valence-electron chi connectivity index (χ4n) is 11.0. The second-order valence-electron chi connectivity index (χ2n) is 24.3. The van der Waals surface area contributed by atoms with E-state index in [0.29, 0.717) is 25.7 Å². The van der Waals surface area contributed by atoms with Crippen molar-refractivity contribution in [3.05, 3.63) is 109 Å². The molecule has 0 bridgehead atoms. The largest absolute Gasteiger partial charge is 0.394 e. The molecule has 17 atom stereocenters. The molecule has 3 aliphatic rings. The summed E-state index contributed by atoms with van der Waals surface area (Å²) in [6.45, 7) is 1.63. The van der Waals surface area contributed by atoms with Gasteiger partial charge in [0.1, 0.15) is 73.2 Å². The Balaban J connectivity index is 1.45. The molecule has 91 heavy (non-hydrogen) atoms. The van der Waals surface area contributed by atoms with Gasteiger partial charge >= 0.3 is 0 Å². The van der Waals surface area contributed by atoms with Crippen LogP contribution in [0.15, 0.2) is 109 Å². The van der Waals surface area contributed by atoms with E-state index in [2.05, 4.69) is 122 Å². The third-order valence-electron chi connectivity index (χ3n) is 16.6. The molecule has 3 saturated heterocycles. The highest BCUT2D eigenvalue weighted by molar-refractivity contribution is 5.76. The van der Waals surface area contributed by atoms with Gasteiger partial charge in [-0.15, -0.1) is 0 Å². The van der Waals surface area contributed by atoms with Crippen molar-refractivity contribution in [1.82, 2.24) is 5.32 Å². The van der Waals surface area contributed by atoms with Gasteiger partial charge in [-0.2, -0.15) is 0 Å². The Bertz CT molecular complexity index is 2070. The van der Waals surface area contributed by atoms with Crippen LogP contribution in [0.1, 0.15) is 206 Å². The van der Waals surface area contributed by atoms with Crippen molar-refractivity contribution in [2.75, 3.05) is 26.4 Å². The first-order valence-corrected chi connectivity index (χ1v) is 34.6. The lowest BCUT2D eigenvalue weighted by atomic mass is 9.96. The van der Waals surface area contributed by atoms with Crippen molar-refractivity contribution in [2.24, 2.45) is 0 Å². The highest BCUT2D eigenvalue weighted by Gasteiger charge is 2.53. The zero-order chi connectivity index (χ0) is 66.1. The normalized spacial score (nSPS) is 28.6. The Hall–Kier alpha value is -3.55. The van der Waals surface area contributed by atoms with Gasteiger partial charge in [-0.1, -0.05) is 232 Å². The van der Waals surface area contributed by atoms with E-state index in [-0.39, 0.29) is 18.9 Å². The van der Waals surface area contributed by atoms with Crippen LogP contribution in [0.25, 0.3) is 0 Å². The maximum atomic E-state index is 13.4. The fraction of sp³-hybridized carbons (Fsp3) is 0.736. The number of carbonyl (C=O) groups is 1. The molecule has 3 rings (SSSR count). The quantitative estimate of drug-likeness (QED) is 0.0200. The third kappa shape index (κ3) is 34.6. The number of hydrogen-bond acceptors (Lipinski definition) is 18. The smallest absolute Gasteiger partial charge is 0.220 e. The van der Waals surface area contributed by atoms with E-state index in [9.17, 15) is 61.0 Å². The first-order valence-electron chi connectivity index (χ1n) is 34.6. The molecule has 0 aromatic carbocycles. The van der Waals surface area contributed by atoms with Gasteiger partial charge in [0.15, 0.2) is 18.9 Å². The second-order valence-corrected chi connectivity index (χ2v) is 24.3. The predicted octanol–water partition coefficient (Wildman–Crippen LogP) is 9.05. The highest BCUT2D eigenvalue weighted by atomic mass is 16.8. The molecule has 19 nitrogen and oxygen atoms in total. The van der Waals surface area contributed by atoms with Gasteiger partial charge in [-0.25, -0.2) is 0 Å². The Labute approximate surface area is 545 Å². The maximum Gasteiger partial charge on any atom is 0.220 e. The molecule has 0 aromatic rings. The topological polar surface area (TPSA) is 307 Å². The highest BCUT2D eigenvalue weighted by Crippen LogP contribution is 2.33. The summed E-state index contributed by atoms with van der Waals surface area (Å²) in [6, 6.07) is -0.927. The molecule has 19 heteroatoms. The van der Waals surface area contributed by atoms with Gasteiger partial charge in [0, 0.05) is 6.42 Å². The minimum Gasteiger partial charge on any atom is -0.394 e. The van der Waals surface area contributed by atoms with Crippen LogP contribution in [0, 0.1) is 0 Å². The van der Waals surface area contributed by atoms with Crippen LogP contribution in [0.4, 0.5) is 0 Å². The molecule has 3 fully saturated rings. The van der Waals surface area contributed by atoms with E-state index in [1.807, 2.05) is 6.08 Å². The standard InChI is InChI=1S/C72H121NO18/c1-3-5-7-9-11-13-15-17-19-21-22-23-24-25-26-27-28-29-30-31-32-34-36-38-40-42-44-46-48-50-60(78)73-55(56(77)49-47-45-43-41-39-37-35-33-20-18-16-14-12-10-8-6-4-2)54-86-70-66(84)63(81)68(58(52-75)88-70)91-72-67(85)64(82)69(59(53-76)89-72)90-71-65(83)62(80)61(79)57(51-74)87-71/h5,7,11,13,17,19,22-23,25-26,28-29,31-32,36,38,42,44,55-59,61-72,74-77,79-85H,3-4,6,8-10,12,14-16,18,20-21,24,27,30,33-35,37,39-41,43,45-54H2,1-2H3,(H,73,78)/b7-5-,13-11-,19-17-,23-22-,26-25-,29-28-,32-31-,38-36-,44-42-. The number of nitrogens with one attached hydrogen (secondary N) is 1. The first kappa shape index (κ1) is 81.7. The lowest BCUT2D eigenvalue weighted by Gasteiger charge is -2.48. The van der Waals surface area contributed by atoms with Crippen LogP contribution >= 0.6 is 0 Å². The minimum absolute atomic E-state index is 0.179. The zero-order valence-electron chi connectivity index (χ0n) is 55.0. The van der Waals surface area contributed by atoms with E-state index in [1.54, 1.807) is 0 Å². The molecule has 12 N–H and O–H groups in total. The summed E-state index contributed by atoms with van der Waals surface area (Å²) in [5.41, 5.74) is 0. The van der Waals surface area contributed by atoms with Crippen LogP contribution in [-0.4, -0.2) is 193 Å². The monoisotopic (exact) mass is 1290 g/mol. The molecule has 0 saturated carbocycles. The second kappa shape index (κ2) is 52.7. The van der Waals surface area contributed by atoms with Crippen LogP contribution in [-0.2, 0) is 33.2 Å². The lowest BCUT2D eigenvalue weighted by molar-refractivity contribution is -0.379. The number of rotatable bonds is 51. The molecule has 522 valence electrons. The number of aliphatic hydroxyl groups is 11. The molecule has 0 aliphatic carbocycles. The molecular weight excluding hydrogens is 1170 g/mol. The predicted molar refractivity (Wildman–Crippen MR) is 355 cm³/mol. The molecule has 17 unspecified atom stereocenters. The number of aliphatic hydroxyl groups excluding tert-OH is 11. The van der Waals surface area contributed by atoms with Gasteiger partial charge in [0.05, 0.1) is 38.6 Å². The number of allylic oxidation sites excluding steroid dienone is 18. The van der Waals surface area contributed by atoms with Crippen molar-refractivity contribution in [3.63, 3.8) is 0 Å². The summed E-state index contributed by atoms with van der Waals surface area (Å²) >= 11 is 0. The van der Waals surface area contributed by atoms with Crippen molar-refractivity contribution in [3.8, 4) is 0 Å². The summed E-state index contributed by atoms with van der Waals surface area (Å²) in [6.07, 6.45) is 43.1. The maximum absolute atomic E-state index is 13.4. The van der Waals surface area contributed by atoms with Gasteiger partial charge in [0.25, 0.3) is 0 Å². The van der Waals surface area contributed by atoms with Crippen molar-refractivity contribution in [2.45, 2.75) is 311 Å². The molecular formula is C72H121NO18. The Morgan fingerprint density at radius 2 is 0.747 bits per heavy atom. The van der Waals surface area contributed by atoms with Gasteiger partial charge in [-0.05, 0) is 77.0 Å². The van der Waals surface area contributed by atoms with Gasteiger partial charge < -0.3 is 89.9 Å². The number of hydrogen-bond donors (Lipinski definition) is 12. The third-order valence-corrected chi connectivity index (χ3v) is 16.6. The number of unbranched alkanes of at least 4 members (excludes halogenated alkanes) is 17. The summed E-state index contributed by atoms with van der Waals surface area (Å²) in [5, 5.41) is 121. The minimum atomic E-state index is -1.98. The van der Waals surface area contributed by atoms with Crippen molar-refractivity contribution < 1.29 is 89.4 Å². The van der Waals surface area contributed by atoms with E-state index in [4.69, 9.17) is 28.4 Å². The number of carbonyl (C=O) groups excluding carboxylic acids is 1. The molecule has 3 aliphatic heterocycles. The fourth-order valence-corrected chi connectivity index (χ4v) is 11.0. The molecule has 0 aromatic heterocycles. The van der Waals surface area contributed by atoms with Crippen LogP contribution in [0.2, 0.25) is 0 Å². The summed E-state index contributed by atoms with van der Waals surface area (Å²) in [5.74, 6) is -0.304. The molecule has 1 amide bonds. The van der Waals surface area contributed by atoms with Crippen LogP contribution in [0.3, 0.4) is 0 Å². The van der Waals surface area contributed by atoms with E-state index in [1.165, 1.54) is 83.5 Å². The van der Waals surface area contributed by atoms with Gasteiger partial charge in [-0.3, -0.25) is 4.79 Å². The van der Waals surface area contributed by atoms with E-state index in [0.717, 1.165) is 77.0 Å². The zero-order valence-corrected chi connectivity index (χ0v) is 55.0. The van der Waals surface area contributed by atoms with Crippen molar-refractivity contribution >= 4 is 5.91 Å². The van der Waals surface area contributed by atoms with Crippen LogP contribution in [0.5, 0.6) is 0 Å². The average molecular weight is 1290 g/mol. The van der Waals surface area contributed by atoms with Crippen molar-refractivity contribution in [1.29, 1.82) is 0 Å². The van der Waals surface area contributed by atoms with E-state index < -0.39 is 124 Å². The Kier molecular flexibility index (Phi) is 47.3. The van der Waals surface area contributed by atoms with Gasteiger partial charge in [0.2, 0.25) is 5.91 Å². The first-order chi connectivity index (χ1) is 44.3. The summed E-state index contributed by atoms with van der Waals surface area (Å²) in [7, 11) is 0. The number of amides is 1. The SMILES string of the molecule is CC/C=C\C/C=C\C/C=C\C/C=C\C/C=C\C/C=C\C/C=C\C/C=C\C/C=C\CCCC(=O)NC(COC1OC(CO)C(OC2OC(CO)C(OC3OC(CO)C(O)C(O)C3O)C(O)C2O)C(O)C1O)C(O)CCCCCCCCCCCCCCCCCCC. The Morgan fingerprint density at radius 1 is 0.407 bits per heavy atom. The van der Waals surface area contributed by atoms with E-state index >= 15 is 0 Å². The Morgan fingerprint density at radius 3 is 1.14 bits per heavy atom. The van der Waals surface area contributed by atoms with Crippen LogP contribution < -0.4 is 5.32 Å². The molecule has 3 heterocycles. The average Bonchev–Trinajstić information content (AvgIpc) is 0.884. The summed E-state index contributed by atoms with van der Waals surface area (Å²) < 4.78 is 34.4. The lowest BCUT2D eigenvalue weighted by Crippen LogP contribution is -2.66. The molecule has 0 radical (unpaired) electrons. The summed E-state index contributed by atoms with van der Waals surface area (Å²) in [4.78, 5) is 13.4. The number of ether oxygens (including phenoxy) is 6. The molecule has 0 spiro atoms.